The van der Waals surface area contributed by atoms with E-state index < -0.39 is 0 Å². The Morgan fingerprint density at radius 2 is 2.11 bits per heavy atom. The number of ether oxygens (including phenoxy) is 1. The third-order valence-corrected chi connectivity index (χ3v) is 4.48. The van der Waals surface area contributed by atoms with E-state index in [0.717, 1.165) is 19.5 Å². The van der Waals surface area contributed by atoms with Gasteiger partial charge in [-0.15, -0.1) is 0 Å². The van der Waals surface area contributed by atoms with Gasteiger partial charge in [0.15, 0.2) is 0 Å². The molecule has 3 atom stereocenters. The summed E-state index contributed by atoms with van der Waals surface area (Å²) in [6.45, 7) is 4.38. The molecule has 2 fully saturated rings. The third-order valence-electron chi connectivity index (χ3n) is 4.48. The summed E-state index contributed by atoms with van der Waals surface area (Å²) in [4.78, 5) is 14.5. The number of rotatable bonds is 4. The Labute approximate surface area is 114 Å². The highest BCUT2D eigenvalue weighted by atomic mass is 16.5. The van der Waals surface area contributed by atoms with Gasteiger partial charge in [0.25, 0.3) is 0 Å². The van der Waals surface area contributed by atoms with Gasteiger partial charge in [0.05, 0.1) is 12.5 Å². The zero-order chi connectivity index (χ0) is 13.2. The molecule has 1 aliphatic heterocycles. The molecule has 2 aliphatic rings. The van der Waals surface area contributed by atoms with Crippen LogP contribution >= 0.6 is 0 Å². The van der Waals surface area contributed by atoms with E-state index >= 15 is 0 Å². The smallest absolute Gasteiger partial charge is 0.310 e. The number of esters is 1. The second-order valence-corrected chi connectivity index (χ2v) is 5.60. The van der Waals surface area contributed by atoms with E-state index in [-0.39, 0.29) is 11.9 Å². The third kappa shape index (κ3) is 2.39. The molecule has 1 aromatic rings. The Morgan fingerprint density at radius 3 is 2.84 bits per heavy atom. The normalized spacial score (nSPS) is 29.6. The van der Waals surface area contributed by atoms with Crippen LogP contribution in [0.2, 0.25) is 0 Å². The first kappa shape index (κ1) is 12.7. The zero-order valence-electron chi connectivity index (χ0n) is 11.4. The van der Waals surface area contributed by atoms with Crippen molar-refractivity contribution in [1.29, 1.82) is 0 Å². The monoisotopic (exact) mass is 259 g/mol. The lowest BCUT2D eigenvalue weighted by Crippen LogP contribution is -2.34. The molecule has 2 bridgehead atoms. The fourth-order valence-corrected chi connectivity index (χ4v) is 3.70. The molecule has 1 aromatic carbocycles. The summed E-state index contributed by atoms with van der Waals surface area (Å²) < 4.78 is 5.24. The first-order valence-corrected chi connectivity index (χ1v) is 7.24. The number of fused-ring (bicyclic) bond motifs is 2. The molecule has 1 heterocycles. The van der Waals surface area contributed by atoms with Crippen LogP contribution in [0.3, 0.4) is 0 Å². The summed E-state index contributed by atoms with van der Waals surface area (Å²) in [6.07, 6.45) is 2.32. The van der Waals surface area contributed by atoms with Crippen molar-refractivity contribution in [3.8, 4) is 0 Å². The van der Waals surface area contributed by atoms with Crippen LogP contribution in [0, 0.1) is 11.8 Å². The van der Waals surface area contributed by atoms with Crippen LogP contribution in [-0.2, 0) is 16.1 Å². The van der Waals surface area contributed by atoms with Crippen molar-refractivity contribution in [2.24, 2.45) is 11.8 Å². The van der Waals surface area contributed by atoms with Gasteiger partial charge >= 0.3 is 5.97 Å². The number of nitrogens with zero attached hydrogens (tertiary/aromatic N) is 1. The zero-order valence-corrected chi connectivity index (χ0v) is 11.4. The molecular formula is C16H21NO2. The molecule has 0 aromatic heterocycles. The molecule has 1 aliphatic carbocycles. The molecule has 19 heavy (non-hydrogen) atoms. The number of hydrogen-bond acceptors (Lipinski definition) is 3. The first-order chi connectivity index (χ1) is 9.29. The van der Waals surface area contributed by atoms with Gasteiger partial charge in [0.1, 0.15) is 0 Å². The molecule has 0 amide bonds. The van der Waals surface area contributed by atoms with Gasteiger partial charge in [-0.05, 0) is 31.2 Å². The SMILES string of the molecule is CCOC(=O)C1C2CCC1N(Cc1ccccc1)C2. The maximum atomic E-state index is 12.1. The summed E-state index contributed by atoms with van der Waals surface area (Å²) in [5.74, 6) is 0.641. The van der Waals surface area contributed by atoms with Crippen molar-refractivity contribution < 1.29 is 9.53 Å². The minimum Gasteiger partial charge on any atom is -0.466 e. The molecule has 0 N–H and O–H groups in total. The van der Waals surface area contributed by atoms with Crippen LogP contribution in [0.15, 0.2) is 30.3 Å². The van der Waals surface area contributed by atoms with Gasteiger partial charge in [-0.1, -0.05) is 30.3 Å². The van der Waals surface area contributed by atoms with E-state index in [1.165, 1.54) is 12.0 Å². The summed E-state index contributed by atoms with van der Waals surface area (Å²) in [5, 5.41) is 0. The van der Waals surface area contributed by atoms with Crippen molar-refractivity contribution in [3.05, 3.63) is 35.9 Å². The maximum absolute atomic E-state index is 12.1. The van der Waals surface area contributed by atoms with Crippen molar-refractivity contribution in [2.75, 3.05) is 13.2 Å². The highest BCUT2D eigenvalue weighted by Gasteiger charge is 2.50. The standard InChI is InChI=1S/C16H21NO2/c1-2-19-16(18)15-13-8-9-14(15)17(11-13)10-12-6-4-3-5-7-12/h3-7,13-15H,2,8-11H2,1H3. The number of likely N-dealkylation sites (tertiary alicyclic amines) is 1. The topological polar surface area (TPSA) is 29.5 Å². The van der Waals surface area contributed by atoms with Gasteiger partial charge in [-0.25, -0.2) is 0 Å². The molecule has 0 spiro atoms. The van der Waals surface area contributed by atoms with Crippen LogP contribution in [0.4, 0.5) is 0 Å². The quantitative estimate of drug-likeness (QED) is 0.778. The Morgan fingerprint density at radius 1 is 1.32 bits per heavy atom. The molecule has 3 nitrogen and oxygen atoms in total. The highest BCUT2D eigenvalue weighted by molar-refractivity contribution is 5.74. The van der Waals surface area contributed by atoms with E-state index in [1.807, 2.05) is 13.0 Å². The van der Waals surface area contributed by atoms with Gasteiger partial charge in [0.2, 0.25) is 0 Å². The molecule has 3 heteroatoms. The van der Waals surface area contributed by atoms with E-state index in [1.54, 1.807) is 0 Å². The van der Waals surface area contributed by atoms with Crippen LogP contribution in [0.1, 0.15) is 25.3 Å². The summed E-state index contributed by atoms with van der Waals surface area (Å²) in [7, 11) is 0. The predicted octanol–water partition coefficient (Wildman–Crippen LogP) is 2.46. The van der Waals surface area contributed by atoms with Crippen LogP contribution in [0.5, 0.6) is 0 Å². The minimum atomic E-state index is 0.0190. The largest absolute Gasteiger partial charge is 0.466 e. The fourth-order valence-electron chi connectivity index (χ4n) is 3.70. The minimum absolute atomic E-state index is 0.0190. The lowest BCUT2D eigenvalue weighted by molar-refractivity contribution is -0.149. The maximum Gasteiger partial charge on any atom is 0.310 e. The number of carbonyl (C=O) groups is 1. The Kier molecular flexibility index (Phi) is 3.56. The van der Waals surface area contributed by atoms with Gasteiger partial charge in [-0.3, -0.25) is 9.69 Å². The van der Waals surface area contributed by atoms with E-state index in [9.17, 15) is 4.79 Å². The summed E-state index contributed by atoms with van der Waals surface area (Å²) in [5.41, 5.74) is 1.33. The second-order valence-electron chi connectivity index (χ2n) is 5.60. The molecule has 0 radical (unpaired) electrons. The van der Waals surface area contributed by atoms with Crippen molar-refractivity contribution in [1.82, 2.24) is 4.90 Å². The van der Waals surface area contributed by atoms with E-state index in [4.69, 9.17) is 4.74 Å². The first-order valence-electron chi connectivity index (χ1n) is 7.24. The molecule has 1 saturated carbocycles. The van der Waals surface area contributed by atoms with Gasteiger partial charge < -0.3 is 4.74 Å². The molecule has 1 saturated heterocycles. The summed E-state index contributed by atoms with van der Waals surface area (Å²) in [6, 6.07) is 10.9. The van der Waals surface area contributed by atoms with Gasteiger partial charge in [0, 0.05) is 19.1 Å². The predicted molar refractivity (Wildman–Crippen MR) is 73.5 cm³/mol. The molecule has 102 valence electrons. The number of carbonyl (C=O) groups excluding carboxylic acids is 1. The number of piperidine rings is 1. The Balaban J connectivity index is 1.69. The lowest BCUT2D eigenvalue weighted by atomic mass is 9.99. The van der Waals surface area contributed by atoms with Crippen molar-refractivity contribution >= 4 is 5.97 Å². The van der Waals surface area contributed by atoms with Crippen molar-refractivity contribution in [3.63, 3.8) is 0 Å². The van der Waals surface area contributed by atoms with Gasteiger partial charge in [-0.2, -0.15) is 0 Å². The number of hydrogen-bond donors (Lipinski definition) is 0. The average molecular weight is 259 g/mol. The van der Waals surface area contributed by atoms with Crippen LogP contribution in [-0.4, -0.2) is 30.1 Å². The average Bonchev–Trinajstić information content (AvgIpc) is 2.97. The Bertz CT molecular complexity index is 445. The second kappa shape index (κ2) is 5.33. The Hall–Kier alpha value is -1.35. The molecule has 3 unspecified atom stereocenters. The highest BCUT2D eigenvalue weighted by Crippen LogP contribution is 2.43. The molecule has 3 rings (SSSR count). The summed E-state index contributed by atoms with van der Waals surface area (Å²) >= 11 is 0. The van der Waals surface area contributed by atoms with E-state index in [2.05, 4.69) is 29.2 Å². The van der Waals surface area contributed by atoms with Crippen LogP contribution < -0.4 is 0 Å². The number of benzene rings is 1. The van der Waals surface area contributed by atoms with Crippen molar-refractivity contribution in [2.45, 2.75) is 32.4 Å². The van der Waals surface area contributed by atoms with E-state index in [0.29, 0.717) is 18.6 Å². The molecular weight excluding hydrogens is 238 g/mol. The lowest BCUT2D eigenvalue weighted by Gasteiger charge is -2.27. The fraction of sp³-hybridized carbons (Fsp3) is 0.562. The van der Waals surface area contributed by atoms with Crippen LogP contribution in [0.25, 0.3) is 0 Å².